The van der Waals surface area contributed by atoms with Gasteiger partial charge in [0.25, 0.3) is 0 Å². The number of nitrogens with zero attached hydrogens (tertiary/aromatic N) is 1. The Morgan fingerprint density at radius 2 is 1.93 bits per heavy atom. The predicted molar refractivity (Wildman–Crippen MR) is 54.4 cm³/mol. The fourth-order valence-corrected chi connectivity index (χ4v) is 1.04. The minimum Gasteiger partial charge on any atom is -0.448 e. The molecular formula is C8H17BF3N2O-. The highest BCUT2D eigenvalue weighted by Gasteiger charge is 2.25. The number of halogens is 3. The highest BCUT2D eigenvalue weighted by molar-refractivity contribution is 6.58. The van der Waals surface area contributed by atoms with Crippen LogP contribution < -0.4 is 5.32 Å². The van der Waals surface area contributed by atoms with E-state index in [9.17, 15) is 17.7 Å². The van der Waals surface area contributed by atoms with Crippen molar-refractivity contribution in [2.75, 3.05) is 26.6 Å². The van der Waals surface area contributed by atoms with Crippen LogP contribution in [0.25, 0.3) is 0 Å². The number of carbonyl (C=O) groups excluding carboxylic acids is 1. The van der Waals surface area contributed by atoms with Gasteiger partial charge in [-0.05, 0) is 19.4 Å². The van der Waals surface area contributed by atoms with Gasteiger partial charge in [-0.15, -0.1) is 0 Å². The van der Waals surface area contributed by atoms with Crippen LogP contribution in [0.1, 0.15) is 13.8 Å². The van der Waals surface area contributed by atoms with Crippen molar-refractivity contribution in [2.45, 2.75) is 13.8 Å². The molecule has 0 aromatic carbocycles. The Morgan fingerprint density at radius 3 is 2.33 bits per heavy atom. The van der Waals surface area contributed by atoms with Crippen LogP contribution in [0.4, 0.5) is 12.9 Å². The van der Waals surface area contributed by atoms with E-state index in [0.29, 0.717) is 12.5 Å². The summed E-state index contributed by atoms with van der Waals surface area (Å²) in [5.41, 5.74) is 0. The van der Waals surface area contributed by atoms with Gasteiger partial charge < -0.3 is 23.2 Å². The molecule has 1 N–H and O–H groups in total. The average molecular weight is 225 g/mol. The first-order valence-electron chi connectivity index (χ1n) is 4.87. The Hall–Kier alpha value is -0.715. The van der Waals surface area contributed by atoms with Crippen molar-refractivity contribution in [1.82, 2.24) is 10.2 Å². The van der Waals surface area contributed by atoms with Crippen LogP contribution in [0.2, 0.25) is 0 Å². The molecule has 15 heavy (non-hydrogen) atoms. The maximum absolute atomic E-state index is 12.0. The Labute approximate surface area is 88.1 Å². The zero-order chi connectivity index (χ0) is 12.1. The molecule has 0 saturated heterocycles. The van der Waals surface area contributed by atoms with E-state index in [2.05, 4.69) is 5.32 Å². The number of likely N-dealkylation sites (N-methyl/N-ethyl adjacent to an activating group) is 1. The van der Waals surface area contributed by atoms with Gasteiger partial charge in [0.05, 0.1) is 6.54 Å². The van der Waals surface area contributed by atoms with Crippen LogP contribution in [0.15, 0.2) is 0 Å². The molecule has 0 spiro atoms. The minimum absolute atomic E-state index is 0.214. The molecule has 0 atom stereocenters. The van der Waals surface area contributed by atoms with E-state index in [0.717, 1.165) is 4.90 Å². The molecule has 0 aliphatic rings. The third-order valence-corrected chi connectivity index (χ3v) is 1.64. The zero-order valence-corrected chi connectivity index (χ0v) is 9.27. The van der Waals surface area contributed by atoms with E-state index in [4.69, 9.17) is 0 Å². The lowest BCUT2D eigenvalue weighted by Gasteiger charge is -2.23. The number of rotatable bonds is 6. The van der Waals surface area contributed by atoms with Gasteiger partial charge in [-0.2, -0.15) is 0 Å². The Morgan fingerprint density at radius 1 is 1.40 bits per heavy atom. The summed E-state index contributed by atoms with van der Waals surface area (Å²) in [6, 6.07) is 0. The smallest absolute Gasteiger partial charge is 0.448 e. The Kier molecular flexibility index (Phi) is 5.71. The maximum Gasteiger partial charge on any atom is 0.492 e. The van der Waals surface area contributed by atoms with Crippen LogP contribution in [0, 0.1) is 5.92 Å². The maximum atomic E-state index is 12.0. The monoisotopic (exact) mass is 225 g/mol. The standard InChI is InChI=1S/C8H17BF3N2O/c1-7(2)4-13-8(15)5-14(3)6-9(10,11)12/h7H,4-6H2,1-3H3,(H,13,15)/q-1. The fraction of sp³-hybridized carbons (Fsp3) is 0.875. The molecule has 3 nitrogen and oxygen atoms in total. The molecular weight excluding hydrogens is 208 g/mol. The third kappa shape index (κ3) is 9.59. The van der Waals surface area contributed by atoms with Crippen molar-refractivity contribution >= 4 is 12.9 Å². The lowest BCUT2D eigenvalue weighted by molar-refractivity contribution is -0.121. The Bertz CT molecular complexity index is 209. The molecule has 0 aromatic heterocycles. The number of hydrogen-bond acceptors (Lipinski definition) is 2. The predicted octanol–water partition coefficient (Wildman–Crippen LogP) is 1.08. The molecule has 7 heteroatoms. The lowest BCUT2D eigenvalue weighted by atomic mass is 9.91. The summed E-state index contributed by atoms with van der Waals surface area (Å²) in [4.78, 5) is 12.1. The Balaban J connectivity index is 3.77. The number of amides is 1. The topological polar surface area (TPSA) is 32.3 Å². The van der Waals surface area contributed by atoms with Gasteiger partial charge >= 0.3 is 6.98 Å². The average Bonchev–Trinajstić information content (AvgIpc) is 1.96. The van der Waals surface area contributed by atoms with Crippen molar-refractivity contribution in [3.05, 3.63) is 0 Å². The molecule has 0 fully saturated rings. The SMILES string of the molecule is CC(C)CNC(=O)CN(C)C[B-](F)(F)F. The van der Waals surface area contributed by atoms with E-state index in [1.54, 1.807) is 0 Å². The minimum atomic E-state index is -4.85. The fourth-order valence-electron chi connectivity index (χ4n) is 1.04. The zero-order valence-electron chi connectivity index (χ0n) is 9.27. The molecule has 0 bridgehead atoms. The number of nitrogens with one attached hydrogen (secondary N) is 1. The normalized spacial score (nSPS) is 12.3. The van der Waals surface area contributed by atoms with Crippen molar-refractivity contribution in [1.29, 1.82) is 0 Å². The summed E-state index contributed by atoms with van der Waals surface area (Å²) < 4.78 is 35.9. The van der Waals surface area contributed by atoms with Crippen LogP contribution in [-0.2, 0) is 4.79 Å². The van der Waals surface area contributed by atoms with E-state index in [1.807, 2.05) is 13.8 Å². The van der Waals surface area contributed by atoms with Gasteiger partial charge in [0.2, 0.25) is 5.91 Å². The molecule has 1 amide bonds. The molecule has 0 aliphatic carbocycles. The van der Waals surface area contributed by atoms with Gasteiger partial charge in [-0.25, -0.2) is 0 Å². The van der Waals surface area contributed by atoms with Crippen molar-refractivity contribution in [3.8, 4) is 0 Å². The second kappa shape index (κ2) is 6.00. The first-order valence-corrected chi connectivity index (χ1v) is 4.87. The number of carbonyl (C=O) groups is 1. The van der Waals surface area contributed by atoms with Crippen molar-refractivity contribution < 1.29 is 17.7 Å². The van der Waals surface area contributed by atoms with Gasteiger partial charge in [0.1, 0.15) is 0 Å². The highest BCUT2D eigenvalue weighted by atomic mass is 19.4. The van der Waals surface area contributed by atoms with Crippen LogP contribution in [0.5, 0.6) is 0 Å². The van der Waals surface area contributed by atoms with E-state index in [1.165, 1.54) is 7.05 Å². The second-order valence-corrected chi connectivity index (χ2v) is 4.11. The molecule has 0 radical (unpaired) electrons. The molecule has 0 unspecified atom stereocenters. The molecule has 90 valence electrons. The van der Waals surface area contributed by atoms with E-state index >= 15 is 0 Å². The summed E-state index contributed by atoms with van der Waals surface area (Å²) in [5, 5.41) is 2.56. The van der Waals surface area contributed by atoms with E-state index in [-0.39, 0.29) is 12.5 Å². The van der Waals surface area contributed by atoms with Gasteiger partial charge in [0, 0.05) is 6.54 Å². The van der Waals surface area contributed by atoms with Gasteiger partial charge in [-0.3, -0.25) is 4.79 Å². The van der Waals surface area contributed by atoms with Crippen molar-refractivity contribution in [3.63, 3.8) is 0 Å². The summed E-state index contributed by atoms with van der Waals surface area (Å²) >= 11 is 0. The van der Waals surface area contributed by atoms with Gasteiger partial charge in [-0.1, -0.05) is 13.8 Å². The van der Waals surface area contributed by atoms with Crippen LogP contribution in [-0.4, -0.2) is 44.4 Å². The van der Waals surface area contributed by atoms with Gasteiger partial charge in [0.15, 0.2) is 0 Å². The molecule has 0 heterocycles. The first-order chi connectivity index (χ1) is 6.70. The van der Waals surface area contributed by atoms with Crippen LogP contribution >= 0.6 is 0 Å². The largest absolute Gasteiger partial charge is 0.492 e. The third-order valence-electron chi connectivity index (χ3n) is 1.64. The summed E-state index contributed by atoms with van der Waals surface area (Å²) in [6.07, 6.45) is -1.00. The first kappa shape index (κ1) is 14.3. The number of hydrogen-bond donors (Lipinski definition) is 1. The summed E-state index contributed by atoms with van der Waals surface area (Å²) in [7, 11) is 1.28. The summed E-state index contributed by atoms with van der Waals surface area (Å²) in [5.74, 6) is -0.0719. The summed E-state index contributed by atoms with van der Waals surface area (Å²) in [6.45, 7) is -0.740. The molecule has 0 aliphatic heterocycles. The molecule has 0 saturated carbocycles. The van der Waals surface area contributed by atoms with E-state index < -0.39 is 13.4 Å². The van der Waals surface area contributed by atoms with Crippen molar-refractivity contribution in [2.24, 2.45) is 5.92 Å². The lowest BCUT2D eigenvalue weighted by Crippen LogP contribution is -2.42. The highest BCUT2D eigenvalue weighted by Crippen LogP contribution is 2.08. The second-order valence-electron chi connectivity index (χ2n) is 4.11. The quantitative estimate of drug-likeness (QED) is 0.686. The molecule has 0 aromatic rings. The molecule has 0 rings (SSSR count). The van der Waals surface area contributed by atoms with Crippen LogP contribution in [0.3, 0.4) is 0 Å².